The Balaban J connectivity index is 2.04. The zero-order valence-electron chi connectivity index (χ0n) is 11.3. The average Bonchev–Trinajstić information content (AvgIpc) is 2.98. The lowest BCUT2D eigenvalue weighted by molar-refractivity contribution is -0.139. The van der Waals surface area contributed by atoms with Crippen LogP contribution in [0.1, 0.15) is 18.0 Å². The number of carboxylic acid groups (broad SMARTS) is 1. The first-order valence-corrected chi connectivity index (χ1v) is 6.48. The Morgan fingerprint density at radius 3 is 2.65 bits per heavy atom. The molecular weight excluding hydrogens is 260 g/mol. The molecule has 2 amide bonds. The van der Waals surface area contributed by atoms with E-state index in [2.05, 4.69) is 5.32 Å². The molecule has 1 saturated heterocycles. The van der Waals surface area contributed by atoms with E-state index in [9.17, 15) is 14.7 Å². The molecule has 1 aromatic rings. The monoisotopic (exact) mass is 278 g/mol. The van der Waals surface area contributed by atoms with Crippen LogP contribution >= 0.6 is 0 Å². The van der Waals surface area contributed by atoms with Crippen molar-refractivity contribution in [1.82, 2.24) is 10.2 Å². The van der Waals surface area contributed by atoms with Crippen LogP contribution in [0.5, 0.6) is 0 Å². The summed E-state index contributed by atoms with van der Waals surface area (Å²) in [6, 6.07) is 7.19. The average molecular weight is 278 g/mol. The molecule has 2 atom stereocenters. The van der Waals surface area contributed by atoms with Gasteiger partial charge in [-0.1, -0.05) is 30.3 Å². The summed E-state index contributed by atoms with van der Waals surface area (Å²) < 4.78 is 5.23. The fourth-order valence-corrected chi connectivity index (χ4v) is 2.15. The van der Waals surface area contributed by atoms with Crippen LogP contribution in [0.3, 0.4) is 0 Å². The number of nitrogens with zero attached hydrogens (tertiary/aromatic N) is 1. The highest BCUT2D eigenvalue weighted by molar-refractivity contribution is 5.83. The second-order valence-corrected chi connectivity index (χ2v) is 4.76. The molecule has 108 valence electrons. The maximum atomic E-state index is 12.1. The van der Waals surface area contributed by atoms with Gasteiger partial charge in [0.25, 0.3) is 0 Å². The van der Waals surface area contributed by atoms with Gasteiger partial charge in [-0.05, 0) is 12.0 Å². The number of hydrogen-bond acceptors (Lipinski definition) is 3. The van der Waals surface area contributed by atoms with Gasteiger partial charge in [0.2, 0.25) is 0 Å². The molecule has 6 heteroatoms. The molecule has 2 rings (SSSR count). The van der Waals surface area contributed by atoms with Crippen molar-refractivity contribution >= 4 is 12.0 Å². The molecule has 1 aromatic carbocycles. The SMILES string of the molecule is CN(C(=O)NC(C(=O)O)c1ccccc1)C1CCOC1. The number of benzene rings is 1. The second-order valence-electron chi connectivity index (χ2n) is 4.76. The highest BCUT2D eigenvalue weighted by atomic mass is 16.5. The fraction of sp³-hybridized carbons (Fsp3) is 0.429. The van der Waals surface area contributed by atoms with E-state index in [0.717, 1.165) is 6.42 Å². The maximum Gasteiger partial charge on any atom is 0.330 e. The number of carbonyl (C=O) groups excluding carboxylic acids is 1. The van der Waals surface area contributed by atoms with Crippen LogP contribution in [-0.2, 0) is 9.53 Å². The minimum Gasteiger partial charge on any atom is -0.479 e. The molecule has 1 aliphatic rings. The Bertz CT molecular complexity index is 471. The van der Waals surface area contributed by atoms with Crippen molar-refractivity contribution in [1.29, 1.82) is 0 Å². The molecular formula is C14H18N2O4. The molecule has 1 fully saturated rings. The Hall–Kier alpha value is -2.08. The summed E-state index contributed by atoms with van der Waals surface area (Å²) >= 11 is 0. The fourth-order valence-electron chi connectivity index (χ4n) is 2.15. The molecule has 20 heavy (non-hydrogen) atoms. The summed E-state index contributed by atoms with van der Waals surface area (Å²) in [4.78, 5) is 24.9. The van der Waals surface area contributed by atoms with Crippen LogP contribution in [0.4, 0.5) is 4.79 Å². The lowest BCUT2D eigenvalue weighted by Crippen LogP contribution is -2.46. The van der Waals surface area contributed by atoms with E-state index < -0.39 is 18.0 Å². The van der Waals surface area contributed by atoms with Gasteiger partial charge >= 0.3 is 12.0 Å². The van der Waals surface area contributed by atoms with Crippen molar-refractivity contribution in [2.45, 2.75) is 18.5 Å². The van der Waals surface area contributed by atoms with E-state index in [0.29, 0.717) is 18.8 Å². The van der Waals surface area contributed by atoms with E-state index >= 15 is 0 Å². The summed E-state index contributed by atoms with van der Waals surface area (Å²) in [5, 5.41) is 11.8. The number of aliphatic carboxylic acids is 1. The van der Waals surface area contributed by atoms with Crippen molar-refractivity contribution in [2.75, 3.05) is 20.3 Å². The van der Waals surface area contributed by atoms with Gasteiger partial charge in [0.05, 0.1) is 12.6 Å². The third-order valence-electron chi connectivity index (χ3n) is 3.42. The maximum absolute atomic E-state index is 12.1. The molecule has 0 saturated carbocycles. The van der Waals surface area contributed by atoms with E-state index in [1.165, 1.54) is 4.90 Å². The molecule has 0 bridgehead atoms. The molecule has 2 N–H and O–H groups in total. The zero-order chi connectivity index (χ0) is 14.5. The summed E-state index contributed by atoms with van der Waals surface area (Å²) in [6.07, 6.45) is 0.771. The minimum atomic E-state index is -1.08. The van der Waals surface area contributed by atoms with Crippen molar-refractivity contribution in [3.8, 4) is 0 Å². The summed E-state index contributed by atoms with van der Waals surface area (Å²) in [6.45, 7) is 1.12. The highest BCUT2D eigenvalue weighted by Gasteiger charge is 2.28. The topological polar surface area (TPSA) is 78.9 Å². The molecule has 1 heterocycles. The first kappa shape index (κ1) is 14.3. The Labute approximate surface area is 117 Å². The first-order chi connectivity index (χ1) is 9.59. The van der Waals surface area contributed by atoms with E-state index in [1.54, 1.807) is 37.4 Å². The van der Waals surface area contributed by atoms with Gasteiger partial charge in [-0.25, -0.2) is 9.59 Å². The number of likely N-dealkylation sites (N-methyl/N-ethyl adjacent to an activating group) is 1. The lowest BCUT2D eigenvalue weighted by Gasteiger charge is -2.25. The number of amides is 2. The van der Waals surface area contributed by atoms with Gasteiger partial charge in [-0.2, -0.15) is 0 Å². The molecule has 2 unspecified atom stereocenters. The largest absolute Gasteiger partial charge is 0.479 e. The molecule has 0 radical (unpaired) electrons. The zero-order valence-corrected chi connectivity index (χ0v) is 11.3. The van der Waals surface area contributed by atoms with Gasteiger partial charge < -0.3 is 20.1 Å². The lowest BCUT2D eigenvalue weighted by atomic mass is 10.1. The van der Waals surface area contributed by atoms with Crippen LogP contribution < -0.4 is 5.32 Å². The predicted octanol–water partition coefficient (Wildman–Crippen LogP) is 1.24. The van der Waals surface area contributed by atoms with Gasteiger partial charge in [0.15, 0.2) is 6.04 Å². The summed E-state index contributed by atoms with van der Waals surface area (Å²) in [5.41, 5.74) is 0.546. The molecule has 0 aliphatic carbocycles. The number of carbonyl (C=O) groups is 2. The van der Waals surface area contributed by atoms with E-state index in [4.69, 9.17) is 4.74 Å². The van der Waals surface area contributed by atoms with Crippen molar-refractivity contribution in [2.24, 2.45) is 0 Å². The van der Waals surface area contributed by atoms with Crippen LogP contribution in [-0.4, -0.2) is 48.3 Å². The molecule has 0 spiro atoms. The summed E-state index contributed by atoms with van der Waals surface area (Å²) in [5.74, 6) is -1.08. The summed E-state index contributed by atoms with van der Waals surface area (Å²) in [7, 11) is 1.65. The van der Waals surface area contributed by atoms with Crippen molar-refractivity contribution < 1.29 is 19.4 Å². The standard InChI is InChI=1S/C14H18N2O4/c1-16(11-7-8-20-9-11)14(19)15-12(13(17)18)10-5-3-2-4-6-10/h2-6,11-12H,7-9H2,1H3,(H,15,19)(H,17,18). The third-order valence-corrected chi connectivity index (χ3v) is 3.42. The van der Waals surface area contributed by atoms with Crippen molar-refractivity contribution in [3.63, 3.8) is 0 Å². The Morgan fingerprint density at radius 2 is 2.10 bits per heavy atom. The quantitative estimate of drug-likeness (QED) is 0.868. The van der Waals surface area contributed by atoms with Crippen LogP contribution in [0, 0.1) is 0 Å². The van der Waals surface area contributed by atoms with Gasteiger partial charge in [-0.3, -0.25) is 0 Å². The third kappa shape index (κ3) is 3.27. The first-order valence-electron chi connectivity index (χ1n) is 6.48. The number of nitrogens with one attached hydrogen (secondary N) is 1. The second kappa shape index (κ2) is 6.38. The van der Waals surface area contributed by atoms with Gasteiger partial charge in [0.1, 0.15) is 0 Å². The van der Waals surface area contributed by atoms with Crippen molar-refractivity contribution in [3.05, 3.63) is 35.9 Å². The van der Waals surface area contributed by atoms with E-state index in [1.807, 2.05) is 0 Å². The van der Waals surface area contributed by atoms with E-state index in [-0.39, 0.29) is 6.04 Å². The number of urea groups is 1. The molecule has 1 aliphatic heterocycles. The smallest absolute Gasteiger partial charge is 0.330 e. The van der Waals surface area contributed by atoms with Crippen LogP contribution in [0.25, 0.3) is 0 Å². The molecule has 0 aromatic heterocycles. The number of ether oxygens (including phenoxy) is 1. The highest BCUT2D eigenvalue weighted by Crippen LogP contribution is 2.15. The number of carboxylic acids is 1. The molecule has 6 nitrogen and oxygen atoms in total. The minimum absolute atomic E-state index is 0.000202. The predicted molar refractivity (Wildman–Crippen MR) is 72.3 cm³/mol. The number of rotatable bonds is 4. The van der Waals surface area contributed by atoms with Crippen LogP contribution in [0.2, 0.25) is 0 Å². The van der Waals surface area contributed by atoms with Gasteiger partial charge in [0, 0.05) is 13.7 Å². The number of hydrogen-bond donors (Lipinski definition) is 2. The Morgan fingerprint density at radius 1 is 1.40 bits per heavy atom. The normalized spacial score (nSPS) is 19.4. The van der Waals surface area contributed by atoms with Gasteiger partial charge in [-0.15, -0.1) is 0 Å². The van der Waals surface area contributed by atoms with Crippen LogP contribution in [0.15, 0.2) is 30.3 Å². The Kier molecular flexibility index (Phi) is 4.57.